The molecular formula is C17H15NO3. The van der Waals surface area contributed by atoms with E-state index < -0.39 is 0 Å². The Morgan fingerprint density at radius 2 is 1.62 bits per heavy atom. The van der Waals surface area contributed by atoms with E-state index in [0.717, 1.165) is 16.9 Å². The van der Waals surface area contributed by atoms with Crippen molar-refractivity contribution in [3.63, 3.8) is 0 Å². The van der Waals surface area contributed by atoms with E-state index >= 15 is 0 Å². The maximum atomic E-state index is 12.3. The van der Waals surface area contributed by atoms with Crippen molar-refractivity contribution in [1.29, 1.82) is 0 Å². The first kappa shape index (κ1) is 13.4. The van der Waals surface area contributed by atoms with Crippen molar-refractivity contribution in [3.05, 3.63) is 64.7 Å². The van der Waals surface area contributed by atoms with Crippen molar-refractivity contribution in [3.8, 4) is 5.75 Å². The molecule has 1 aliphatic heterocycles. The number of aryl methyl sites for hydroxylation is 1. The van der Waals surface area contributed by atoms with E-state index in [1.807, 2.05) is 25.1 Å². The fourth-order valence-corrected chi connectivity index (χ4v) is 2.53. The predicted molar refractivity (Wildman–Crippen MR) is 78.4 cm³/mol. The van der Waals surface area contributed by atoms with Crippen LogP contribution in [0.4, 0.5) is 0 Å². The first-order valence-corrected chi connectivity index (χ1v) is 6.70. The van der Waals surface area contributed by atoms with Crippen LogP contribution in [0.2, 0.25) is 0 Å². The molecule has 2 aromatic carbocycles. The molecule has 0 atom stereocenters. The van der Waals surface area contributed by atoms with Gasteiger partial charge in [-0.3, -0.25) is 14.5 Å². The number of hydrogen-bond donors (Lipinski definition) is 0. The van der Waals surface area contributed by atoms with Gasteiger partial charge in [0.05, 0.1) is 24.8 Å². The first-order chi connectivity index (χ1) is 10.1. The Balaban J connectivity index is 1.90. The molecule has 0 unspecified atom stereocenters. The summed E-state index contributed by atoms with van der Waals surface area (Å²) in [7, 11) is 1.61. The predicted octanol–water partition coefficient (Wildman–Crippen LogP) is 2.80. The Morgan fingerprint density at radius 3 is 2.14 bits per heavy atom. The van der Waals surface area contributed by atoms with Gasteiger partial charge in [0, 0.05) is 0 Å². The van der Waals surface area contributed by atoms with Crippen LogP contribution in [0.25, 0.3) is 0 Å². The van der Waals surface area contributed by atoms with Crippen molar-refractivity contribution in [1.82, 2.24) is 4.90 Å². The van der Waals surface area contributed by atoms with Gasteiger partial charge in [0.2, 0.25) is 0 Å². The van der Waals surface area contributed by atoms with E-state index in [1.165, 1.54) is 4.90 Å². The van der Waals surface area contributed by atoms with Crippen LogP contribution in [0.1, 0.15) is 31.8 Å². The number of fused-ring (bicyclic) bond motifs is 1. The fourth-order valence-electron chi connectivity index (χ4n) is 2.53. The van der Waals surface area contributed by atoms with E-state index in [2.05, 4.69) is 0 Å². The highest BCUT2D eigenvalue weighted by Crippen LogP contribution is 2.26. The van der Waals surface area contributed by atoms with Gasteiger partial charge in [0.25, 0.3) is 11.8 Å². The summed E-state index contributed by atoms with van der Waals surface area (Å²) >= 11 is 0. The van der Waals surface area contributed by atoms with E-state index in [-0.39, 0.29) is 18.4 Å². The van der Waals surface area contributed by atoms with Gasteiger partial charge in [-0.2, -0.15) is 0 Å². The van der Waals surface area contributed by atoms with Gasteiger partial charge >= 0.3 is 0 Å². The zero-order valence-electron chi connectivity index (χ0n) is 11.9. The number of benzene rings is 2. The summed E-state index contributed by atoms with van der Waals surface area (Å²) in [5.41, 5.74) is 2.89. The first-order valence-electron chi connectivity index (χ1n) is 6.70. The molecule has 0 radical (unpaired) electrons. The number of amides is 2. The number of ether oxygens (including phenoxy) is 1. The van der Waals surface area contributed by atoms with Crippen LogP contribution < -0.4 is 4.74 Å². The lowest BCUT2D eigenvalue weighted by Gasteiger charge is -2.16. The Bertz CT molecular complexity index is 702. The second-order valence-corrected chi connectivity index (χ2v) is 5.03. The lowest BCUT2D eigenvalue weighted by atomic mass is 10.1. The second kappa shape index (κ2) is 5.05. The lowest BCUT2D eigenvalue weighted by Crippen LogP contribution is -2.29. The van der Waals surface area contributed by atoms with E-state index in [1.54, 1.807) is 31.4 Å². The van der Waals surface area contributed by atoms with Crippen LogP contribution >= 0.6 is 0 Å². The van der Waals surface area contributed by atoms with Crippen molar-refractivity contribution in [2.75, 3.05) is 7.11 Å². The van der Waals surface area contributed by atoms with Gasteiger partial charge in [-0.1, -0.05) is 18.2 Å². The number of methoxy groups -OCH3 is 1. The highest BCUT2D eigenvalue weighted by molar-refractivity contribution is 6.21. The molecule has 21 heavy (non-hydrogen) atoms. The molecule has 1 heterocycles. The Morgan fingerprint density at radius 1 is 1.00 bits per heavy atom. The maximum absolute atomic E-state index is 12.3. The summed E-state index contributed by atoms with van der Waals surface area (Å²) in [5, 5.41) is 0. The summed E-state index contributed by atoms with van der Waals surface area (Å²) in [5.74, 6) is 0.301. The molecule has 0 bridgehead atoms. The minimum absolute atomic E-state index is 0.231. The molecule has 0 aliphatic carbocycles. The zero-order chi connectivity index (χ0) is 15.0. The van der Waals surface area contributed by atoms with Crippen LogP contribution in [0, 0.1) is 6.92 Å². The second-order valence-electron chi connectivity index (χ2n) is 5.03. The number of rotatable bonds is 3. The van der Waals surface area contributed by atoms with Crippen molar-refractivity contribution in [2.24, 2.45) is 0 Å². The molecule has 0 fully saturated rings. The summed E-state index contributed by atoms with van der Waals surface area (Å²) in [6, 6.07) is 12.5. The quantitative estimate of drug-likeness (QED) is 0.813. The topological polar surface area (TPSA) is 46.6 Å². The lowest BCUT2D eigenvalue weighted by molar-refractivity contribution is 0.0642. The third-order valence-corrected chi connectivity index (χ3v) is 3.76. The molecule has 0 saturated heterocycles. The zero-order valence-corrected chi connectivity index (χ0v) is 11.9. The van der Waals surface area contributed by atoms with E-state index in [0.29, 0.717) is 11.1 Å². The summed E-state index contributed by atoms with van der Waals surface area (Å²) in [6.45, 7) is 2.22. The van der Waals surface area contributed by atoms with Crippen LogP contribution in [0.5, 0.6) is 5.75 Å². The summed E-state index contributed by atoms with van der Waals surface area (Å²) in [6.07, 6.45) is 0. The highest BCUT2D eigenvalue weighted by atomic mass is 16.5. The third kappa shape index (κ3) is 2.18. The van der Waals surface area contributed by atoms with Gasteiger partial charge in [-0.05, 0) is 42.3 Å². The van der Waals surface area contributed by atoms with E-state index in [4.69, 9.17) is 4.74 Å². The molecule has 0 N–H and O–H groups in total. The van der Waals surface area contributed by atoms with Gasteiger partial charge in [-0.15, -0.1) is 0 Å². The molecule has 4 nitrogen and oxygen atoms in total. The SMILES string of the molecule is COc1ccc(CN2C(=O)c3ccccc3C2=O)c(C)c1. The van der Waals surface area contributed by atoms with E-state index in [9.17, 15) is 9.59 Å². The smallest absolute Gasteiger partial charge is 0.261 e. The van der Waals surface area contributed by atoms with Crippen LogP contribution in [-0.4, -0.2) is 23.8 Å². The maximum Gasteiger partial charge on any atom is 0.261 e. The van der Waals surface area contributed by atoms with Crippen LogP contribution in [0.3, 0.4) is 0 Å². The largest absolute Gasteiger partial charge is 0.497 e. The highest BCUT2D eigenvalue weighted by Gasteiger charge is 2.35. The molecular weight excluding hydrogens is 266 g/mol. The van der Waals surface area contributed by atoms with Gasteiger partial charge in [0.15, 0.2) is 0 Å². The minimum Gasteiger partial charge on any atom is -0.497 e. The number of nitrogens with zero attached hydrogens (tertiary/aromatic N) is 1. The van der Waals surface area contributed by atoms with Gasteiger partial charge in [0.1, 0.15) is 5.75 Å². The van der Waals surface area contributed by atoms with Crippen LogP contribution in [-0.2, 0) is 6.54 Å². The van der Waals surface area contributed by atoms with Crippen molar-refractivity contribution in [2.45, 2.75) is 13.5 Å². The Hall–Kier alpha value is -2.62. The number of imide groups is 1. The molecule has 0 aromatic heterocycles. The molecule has 4 heteroatoms. The molecule has 0 saturated carbocycles. The van der Waals surface area contributed by atoms with Gasteiger partial charge < -0.3 is 4.74 Å². The molecule has 0 spiro atoms. The Labute approximate surface area is 123 Å². The Kier molecular flexibility index (Phi) is 3.22. The molecule has 2 amide bonds. The molecule has 1 aliphatic rings. The minimum atomic E-state index is -0.231. The van der Waals surface area contributed by atoms with Crippen molar-refractivity contribution < 1.29 is 14.3 Å². The molecule has 3 rings (SSSR count). The number of hydrogen-bond acceptors (Lipinski definition) is 3. The summed E-state index contributed by atoms with van der Waals surface area (Å²) < 4.78 is 5.17. The number of carbonyl (C=O) groups is 2. The molecule has 106 valence electrons. The van der Waals surface area contributed by atoms with Gasteiger partial charge in [-0.25, -0.2) is 0 Å². The molecule has 2 aromatic rings. The standard InChI is InChI=1S/C17H15NO3/c1-11-9-13(21-2)8-7-12(11)10-18-16(19)14-5-3-4-6-15(14)17(18)20/h3-9H,10H2,1-2H3. The van der Waals surface area contributed by atoms with Crippen molar-refractivity contribution >= 4 is 11.8 Å². The normalized spacial score (nSPS) is 13.5. The average molecular weight is 281 g/mol. The monoisotopic (exact) mass is 281 g/mol. The average Bonchev–Trinajstić information content (AvgIpc) is 2.74. The fraction of sp³-hybridized carbons (Fsp3) is 0.176. The van der Waals surface area contributed by atoms with Crippen LogP contribution in [0.15, 0.2) is 42.5 Å². The summed E-state index contributed by atoms with van der Waals surface area (Å²) in [4.78, 5) is 25.9. The number of carbonyl (C=O) groups excluding carboxylic acids is 2. The third-order valence-electron chi connectivity index (χ3n) is 3.76.